The molecular weight excluding hydrogens is 260 g/mol. The molecular formula is C14H14N2O4. The lowest BCUT2D eigenvalue weighted by Crippen LogP contribution is -2.18. The number of nitrogens with zero attached hydrogens (tertiary/aromatic N) is 1. The van der Waals surface area contributed by atoms with Crippen LogP contribution in [0.3, 0.4) is 0 Å². The van der Waals surface area contributed by atoms with E-state index in [0.717, 1.165) is 5.56 Å². The third-order valence-electron chi connectivity index (χ3n) is 2.67. The van der Waals surface area contributed by atoms with Crippen molar-refractivity contribution in [2.24, 2.45) is 5.10 Å². The number of rotatable bonds is 4. The van der Waals surface area contributed by atoms with Crippen LogP contribution in [-0.2, 0) is 0 Å². The Kier molecular flexibility index (Phi) is 4.05. The quantitative estimate of drug-likeness (QED) is 0.661. The van der Waals surface area contributed by atoms with Gasteiger partial charge < -0.3 is 14.3 Å². The molecule has 0 spiro atoms. The maximum Gasteiger partial charge on any atom is 0.307 e. The second kappa shape index (κ2) is 5.92. The molecule has 0 radical (unpaired) electrons. The zero-order valence-corrected chi connectivity index (χ0v) is 11.1. The van der Waals surface area contributed by atoms with E-state index in [1.54, 1.807) is 31.2 Å². The lowest BCUT2D eigenvalue weighted by atomic mass is 10.1. The van der Waals surface area contributed by atoms with Crippen LogP contribution >= 0.6 is 0 Å². The van der Waals surface area contributed by atoms with E-state index in [0.29, 0.717) is 11.5 Å². The number of ether oxygens (including phenoxy) is 1. The molecule has 0 aliphatic carbocycles. The zero-order valence-electron chi connectivity index (χ0n) is 11.1. The van der Waals surface area contributed by atoms with Crippen molar-refractivity contribution in [1.82, 2.24) is 5.43 Å². The molecule has 2 aromatic rings. The number of nitrogens with one attached hydrogen (secondary N) is 1. The van der Waals surface area contributed by atoms with Gasteiger partial charge in [0.2, 0.25) is 0 Å². The Morgan fingerprint density at radius 2 is 2.20 bits per heavy atom. The molecule has 104 valence electrons. The summed E-state index contributed by atoms with van der Waals surface area (Å²) in [7, 11) is 1.46. The standard InChI is InChI=1S/C14H14N2O4/c1-9(10-5-6-11(17)13(8-10)19-2)15-16-14(18)12-4-3-7-20-12/h3-8,17H,1-2H3,(H,16,18)/b15-9-. The largest absolute Gasteiger partial charge is 0.504 e. The number of methoxy groups -OCH3 is 1. The molecule has 20 heavy (non-hydrogen) atoms. The number of phenolic OH excluding ortho intramolecular Hbond substituents is 1. The molecule has 0 aliphatic rings. The number of aromatic hydroxyl groups is 1. The zero-order chi connectivity index (χ0) is 14.5. The summed E-state index contributed by atoms with van der Waals surface area (Å²) in [6.07, 6.45) is 1.41. The summed E-state index contributed by atoms with van der Waals surface area (Å²) >= 11 is 0. The van der Waals surface area contributed by atoms with E-state index >= 15 is 0 Å². The first-order valence-corrected chi connectivity index (χ1v) is 5.87. The van der Waals surface area contributed by atoms with E-state index in [1.165, 1.54) is 19.4 Å². The van der Waals surface area contributed by atoms with Crippen LogP contribution in [0.4, 0.5) is 0 Å². The Labute approximate surface area is 115 Å². The highest BCUT2D eigenvalue weighted by atomic mass is 16.5. The predicted molar refractivity (Wildman–Crippen MR) is 73.0 cm³/mol. The van der Waals surface area contributed by atoms with Gasteiger partial charge >= 0.3 is 5.91 Å². The summed E-state index contributed by atoms with van der Waals surface area (Å²) in [6.45, 7) is 1.73. The Morgan fingerprint density at radius 1 is 1.40 bits per heavy atom. The number of hydrogen-bond acceptors (Lipinski definition) is 5. The number of hydrogen-bond donors (Lipinski definition) is 2. The minimum Gasteiger partial charge on any atom is -0.504 e. The van der Waals surface area contributed by atoms with Crippen LogP contribution in [0.1, 0.15) is 23.0 Å². The van der Waals surface area contributed by atoms with Crippen molar-refractivity contribution < 1.29 is 19.1 Å². The third-order valence-corrected chi connectivity index (χ3v) is 2.67. The second-order valence-corrected chi connectivity index (χ2v) is 4.00. The topological polar surface area (TPSA) is 84.1 Å². The van der Waals surface area contributed by atoms with Crippen molar-refractivity contribution >= 4 is 11.6 Å². The molecule has 6 heteroatoms. The average molecular weight is 274 g/mol. The van der Waals surface area contributed by atoms with Crippen molar-refractivity contribution in [2.45, 2.75) is 6.92 Å². The highest BCUT2D eigenvalue weighted by Gasteiger charge is 2.08. The summed E-state index contributed by atoms with van der Waals surface area (Å²) < 4.78 is 9.96. The van der Waals surface area contributed by atoms with Crippen LogP contribution in [0.15, 0.2) is 46.1 Å². The van der Waals surface area contributed by atoms with Crippen LogP contribution in [0.5, 0.6) is 11.5 Å². The fourth-order valence-corrected chi connectivity index (χ4v) is 1.56. The first-order chi connectivity index (χ1) is 9.61. The van der Waals surface area contributed by atoms with Gasteiger partial charge in [0.25, 0.3) is 0 Å². The van der Waals surface area contributed by atoms with Gasteiger partial charge in [0.15, 0.2) is 17.3 Å². The van der Waals surface area contributed by atoms with Gasteiger partial charge in [0.1, 0.15) is 0 Å². The van der Waals surface area contributed by atoms with Crippen molar-refractivity contribution in [3.8, 4) is 11.5 Å². The van der Waals surface area contributed by atoms with E-state index in [1.807, 2.05) is 0 Å². The fourth-order valence-electron chi connectivity index (χ4n) is 1.56. The molecule has 2 N–H and O–H groups in total. The number of amides is 1. The summed E-state index contributed by atoms with van der Waals surface area (Å²) in [5.74, 6) is 0.142. The van der Waals surface area contributed by atoms with Crippen LogP contribution in [-0.4, -0.2) is 23.8 Å². The highest BCUT2D eigenvalue weighted by Crippen LogP contribution is 2.26. The van der Waals surface area contributed by atoms with E-state index in [4.69, 9.17) is 9.15 Å². The summed E-state index contributed by atoms with van der Waals surface area (Å²) in [4.78, 5) is 11.6. The van der Waals surface area contributed by atoms with Gasteiger partial charge in [-0.15, -0.1) is 0 Å². The minimum absolute atomic E-state index is 0.0451. The summed E-state index contributed by atoms with van der Waals surface area (Å²) in [5.41, 5.74) is 3.68. The summed E-state index contributed by atoms with van der Waals surface area (Å²) in [5, 5.41) is 13.5. The molecule has 0 aliphatic heterocycles. The van der Waals surface area contributed by atoms with Gasteiger partial charge in [-0.1, -0.05) is 0 Å². The SMILES string of the molecule is COc1cc(/C(C)=N\NC(=O)c2ccco2)ccc1O. The maximum absolute atomic E-state index is 11.6. The molecule has 1 amide bonds. The molecule has 0 saturated heterocycles. The van der Waals surface area contributed by atoms with Crippen molar-refractivity contribution in [1.29, 1.82) is 0 Å². The number of benzene rings is 1. The fraction of sp³-hybridized carbons (Fsp3) is 0.143. The van der Waals surface area contributed by atoms with Crippen LogP contribution in [0.25, 0.3) is 0 Å². The number of carbonyl (C=O) groups is 1. The maximum atomic E-state index is 11.6. The molecule has 0 fully saturated rings. The van der Waals surface area contributed by atoms with E-state index in [-0.39, 0.29) is 11.5 Å². The Hall–Kier alpha value is -2.76. The number of phenols is 1. The van der Waals surface area contributed by atoms with Gasteiger partial charge in [-0.3, -0.25) is 4.79 Å². The summed E-state index contributed by atoms with van der Waals surface area (Å²) in [6, 6.07) is 7.98. The molecule has 6 nitrogen and oxygen atoms in total. The third kappa shape index (κ3) is 2.97. The molecule has 2 rings (SSSR count). The lowest BCUT2D eigenvalue weighted by molar-refractivity contribution is 0.0927. The van der Waals surface area contributed by atoms with Gasteiger partial charge in [-0.05, 0) is 37.3 Å². The van der Waals surface area contributed by atoms with Crippen molar-refractivity contribution in [3.05, 3.63) is 47.9 Å². The Bertz CT molecular complexity index is 633. The number of hydrazone groups is 1. The van der Waals surface area contributed by atoms with Crippen molar-refractivity contribution in [2.75, 3.05) is 7.11 Å². The van der Waals surface area contributed by atoms with E-state index in [9.17, 15) is 9.90 Å². The molecule has 0 bridgehead atoms. The van der Waals surface area contributed by atoms with Gasteiger partial charge in [-0.2, -0.15) is 5.10 Å². The molecule has 0 saturated carbocycles. The smallest absolute Gasteiger partial charge is 0.307 e. The van der Waals surface area contributed by atoms with E-state index in [2.05, 4.69) is 10.5 Å². The second-order valence-electron chi connectivity index (χ2n) is 4.00. The van der Waals surface area contributed by atoms with Gasteiger partial charge in [0.05, 0.1) is 19.1 Å². The van der Waals surface area contributed by atoms with Crippen LogP contribution in [0.2, 0.25) is 0 Å². The minimum atomic E-state index is -0.430. The highest BCUT2D eigenvalue weighted by molar-refractivity contribution is 6.00. The average Bonchev–Trinajstić information content (AvgIpc) is 2.99. The molecule has 1 aromatic carbocycles. The molecule has 0 unspecified atom stereocenters. The van der Waals surface area contributed by atoms with E-state index < -0.39 is 5.91 Å². The monoisotopic (exact) mass is 274 g/mol. The first-order valence-electron chi connectivity index (χ1n) is 5.87. The van der Waals surface area contributed by atoms with Gasteiger partial charge in [-0.25, -0.2) is 5.43 Å². The van der Waals surface area contributed by atoms with Gasteiger partial charge in [0, 0.05) is 5.56 Å². The first kappa shape index (κ1) is 13.7. The van der Waals surface area contributed by atoms with Crippen LogP contribution < -0.4 is 10.2 Å². The molecule has 0 atom stereocenters. The van der Waals surface area contributed by atoms with Crippen molar-refractivity contribution in [3.63, 3.8) is 0 Å². The lowest BCUT2D eigenvalue weighted by Gasteiger charge is -2.06. The van der Waals surface area contributed by atoms with Crippen LogP contribution in [0, 0.1) is 0 Å². The Morgan fingerprint density at radius 3 is 2.85 bits per heavy atom. The molecule has 1 heterocycles. The Balaban J connectivity index is 2.12. The normalized spacial score (nSPS) is 11.2. The molecule has 1 aromatic heterocycles. The predicted octanol–water partition coefficient (Wildman–Crippen LogP) is 2.15. The number of furan rings is 1. The number of carbonyl (C=O) groups excluding carboxylic acids is 1.